The predicted molar refractivity (Wildman–Crippen MR) is 74.0 cm³/mol. The van der Waals surface area contributed by atoms with Crippen LogP contribution in [0.2, 0.25) is 0 Å². The first-order chi connectivity index (χ1) is 9.34. The fourth-order valence-electron chi connectivity index (χ4n) is 2.05. The normalized spacial score (nSPS) is 21.8. The van der Waals surface area contributed by atoms with Crippen LogP contribution in [-0.4, -0.2) is 39.9 Å². The third-order valence-electron chi connectivity index (χ3n) is 3.09. The lowest BCUT2D eigenvalue weighted by Crippen LogP contribution is -2.31. The highest BCUT2D eigenvalue weighted by molar-refractivity contribution is 7.91. The standard InChI is InChI=1S/C10H16N4O4S2/c11-14-10-9(2-1-4-12-10)20(17,18)13-6-8-3-5-19(15,16)7-8/h1-2,4,8,13H,3,5-7,11H2,(H,12,14). The first-order valence-electron chi connectivity index (χ1n) is 5.96. The minimum Gasteiger partial charge on any atom is -0.307 e. The number of nitrogens with one attached hydrogen (secondary N) is 2. The lowest BCUT2D eigenvalue weighted by atomic mass is 10.1. The van der Waals surface area contributed by atoms with Gasteiger partial charge in [-0.1, -0.05) is 0 Å². The molecular weight excluding hydrogens is 304 g/mol. The summed E-state index contributed by atoms with van der Waals surface area (Å²) in [4.78, 5) is 3.75. The largest absolute Gasteiger partial charge is 0.307 e. The predicted octanol–water partition coefficient (Wildman–Crippen LogP) is -0.920. The zero-order valence-electron chi connectivity index (χ0n) is 10.6. The number of aromatic nitrogens is 1. The highest BCUT2D eigenvalue weighted by Gasteiger charge is 2.29. The monoisotopic (exact) mass is 320 g/mol. The SMILES string of the molecule is NNc1ncccc1S(=O)(=O)NCC1CCS(=O)(=O)C1. The average molecular weight is 320 g/mol. The molecule has 1 aliphatic rings. The van der Waals surface area contributed by atoms with E-state index in [0.717, 1.165) is 0 Å². The molecule has 1 aromatic heterocycles. The minimum atomic E-state index is -3.78. The Balaban J connectivity index is 2.08. The summed E-state index contributed by atoms with van der Waals surface area (Å²) in [5.74, 6) is 5.20. The second kappa shape index (κ2) is 5.64. The van der Waals surface area contributed by atoms with Crippen molar-refractivity contribution in [1.82, 2.24) is 9.71 Å². The van der Waals surface area contributed by atoms with Gasteiger partial charge in [-0.3, -0.25) is 0 Å². The number of nitrogen functional groups attached to an aromatic ring is 1. The molecule has 0 aromatic carbocycles. The molecule has 2 heterocycles. The number of pyridine rings is 1. The van der Waals surface area contributed by atoms with Gasteiger partial charge in [-0.2, -0.15) is 0 Å². The summed E-state index contributed by atoms with van der Waals surface area (Å²) >= 11 is 0. The van der Waals surface area contributed by atoms with Gasteiger partial charge in [-0.25, -0.2) is 32.4 Å². The van der Waals surface area contributed by atoms with Crippen LogP contribution in [0.4, 0.5) is 5.82 Å². The van der Waals surface area contributed by atoms with Crippen molar-refractivity contribution in [2.24, 2.45) is 11.8 Å². The zero-order chi connectivity index (χ0) is 14.8. The number of hydrogen-bond acceptors (Lipinski definition) is 7. The van der Waals surface area contributed by atoms with Crippen molar-refractivity contribution in [2.45, 2.75) is 11.3 Å². The summed E-state index contributed by atoms with van der Waals surface area (Å²) in [5.41, 5.74) is 2.22. The first kappa shape index (κ1) is 15.2. The van der Waals surface area contributed by atoms with Crippen molar-refractivity contribution in [3.63, 3.8) is 0 Å². The molecule has 1 fully saturated rings. The molecule has 0 spiro atoms. The van der Waals surface area contributed by atoms with E-state index in [1.165, 1.54) is 18.3 Å². The quantitative estimate of drug-likeness (QED) is 0.472. The number of hydrazine groups is 1. The maximum atomic E-state index is 12.1. The summed E-state index contributed by atoms with van der Waals surface area (Å²) in [6.45, 7) is 0.0838. The van der Waals surface area contributed by atoms with Crippen LogP contribution in [0.3, 0.4) is 0 Å². The van der Waals surface area contributed by atoms with Gasteiger partial charge in [-0.05, 0) is 24.5 Å². The number of nitrogens with zero attached hydrogens (tertiary/aromatic N) is 1. The van der Waals surface area contributed by atoms with E-state index in [-0.39, 0.29) is 34.7 Å². The maximum Gasteiger partial charge on any atom is 0.244 e. The molecule has 0 amide bonds. The molecule has 1 aromatic rings. The molecule has 112 valence electrons. The average Bonchev–Trinajstić information content (AvgIpc) is 2.76. The van der Waals surface area contributed by atoms with E-state index in [1.807, 2.05) is 0 Å². The molecule has 1 atom stereocenters. The van der Waals surface area contributed by atoms with Gasteiger partial charge in [0, 0.05) is 12.7 Å². The molecular formula is C10H16N4O4S2. The Hall–Kier alpha value is -1.23. The van der Waals surface area contributed by atoms with Gasteiger partial charge in [0.2, 0.25) is 10.0 Å². The fraction of sp³-hybridized carbons (Fsp3) is 0.500. The van der Waals surface area contributed by atoms with Gasteiger partial charge in [0.05, 0.1) is 11.5 Å². The van der Waals surface area contributed by atoms with Crippen molar-refractivity contribution in [3.05, 3.63) is 18.3 Å². The number of hydrogen-bond donors (Lipinski definition) is 3. The number of anilines is 1. The summed E-state index contributed by atoms with van der Waals surface area (Å²) < 4.78 is 49.3. The van der Waals surface area contributed by atoms with Crippen LogP contribution in [0.15, 0.2) is 23.2 Å². The smallest absolute Gasteiger partial charge is 0.244 e. The third-order valence-corrected chi connectivity index (χ3v) is 6.38. The Labute approximate surface area is 117 Å². The van der Waals surface area contributed by atoms with Crippen LogP contribution in [0.1, 0.15) is 6.42 Å². The molecule has 0 bridgehead atoms. The minimum absolute atomic E-state index is 0.0184. The van der Waals surface area contributed by atoms with Crippen LogP contribution < -0.4 is 16.0 Å². The van der Waals surface area contributed by atoms with E-state index in [0.29, 0.717) is 6.42 Å². The molecule has 20 heavy (non-hydrogen) atoms. The molecule has 4 N–H and O–H groups in total. The molecule has 1 unspecified atom stereocenters. The van der Waals surface area contributed by atoms with Crippen LogP contribution in [0, 0.1) is 5.92 Å². The highest BCUT2D eigenvalue weighted by Crippen LogP contribution is 2.20. The Morgan fingerprint density at radius 2 is 2.20 bits per heavy atom. The maximum absolute atomic E-state index is 12.1. The highest BCUT2D eigenvalue weighted by atomic mass is 32.2. The van der Waals surface area contributed by atoms with Gasteiger partial charge >= 0.3 is 0 Å². The van der Waals surface area contributed by atoms with E-state index >= 15 is 0 Å². The second-order valence-electron chi connectivity index (χ2n) is 4.62. The van der Waals surface area contributed by atoms with Crippen molar-refractivity contribution >= 4 is 25.7 Å². The Morgan fingerprint density at radius 3 is 2.80 bits per heavy atom. The van der Waals surface area contributed by atoms with Crippen LogP contribution in [0.5, 0.6) is 0 Å². The van der Waals surface area contributed by atoms with E-state index in [9.17, 15) is 16.8 Å². The van der Waals surface area contributed by atoms with E-state index in [1.54, 1.807) is 0 Å². The Morgan fingerprint density at radius 1 is 1.45 bits per heavy atom. The van der Waals surface area contributed by atoms with Gasteiger partial charge in [0.25, 0.3) is 0 Å². The number of sulfone groups is 1. The van der Waals surface area contributed by atoms with Gasteiger partial charge in [0.1, 0.15) is 4.90 Å². The molecule has 0 saturated carbocycles. The summed E-state index contributed by atoms with van der Waals surface area (Å²) in [6.07, 6.45) is 1.89. The van der Waals surface area contributed by atoms with Gasteiger partial charge in [-0.15, -0.1) is 0 Å². The molecule has 10 heteroatoms. The Bertz CT molecular complexity index is 687. The number of rotatable bonds is 5. The molecule has 8 nitrogen and oxygen atoms in total. The van der Waals surface area contributed by atoms with Crippen molar-refractivity contribution in [1.29, 1.82) is 0 Å². The zero-order valence-corrected chi connectivity index (χ0v) is 12.2. The lowest BCUT2D eigenvalue weighted by Gasteiger charge is -2.12. The molecule has 2 rings (SSSR count). The first-order valence-corrected chi connectivity index (χ1v) is 9.26. The molecule has 1 saturated heterocycles. The van der Waals surface area contributed by atoms with E-state index < -0.39 is 19.9 Å². The molecule has 1 aliphatic heterocycles. The summed E-state index contributed by atoms with van der Waals surface area (Å²) in [5, 5.41) is 0. The van der Waals surface area contributed by atoms with Gasteiger partial charge < -0.3 is 5.43 Å². The van der Waals surface area contributed by atoms with Crippen molar-refractivity contribution in [3.8, 4) is 0 Å². The Kier molecular flexibility index (Phi) is 4.28. The third kappa shape index (κ3) is 3.45. The number of nitrogens with two attached hydrogens (primary N) is 1. The van der Waals surface area contributed by atoms with Crippen LogP contribution in [0.25, 0.3) is 0 Å². The van der Waals surface area contributed by atoms with Crippen molar-refractivity contribution in [2.75, 3.05) is 23.5 Å². The van der Waals surface area contributed by atoms with Crippen LogP contribution >= 0.6 is 0 Å². The van der Waals surface area contributed by atoms with E-state index in [4.69, 9.17) is 5.84 Å². The topological polar surface area (TPSA) is 131 Å². The fourth-order valence-corrected chi connectivity index (χ4v) is 5.15. The van der Waals surface area contributed by atoms with Crippen LogP contribution in [-0.2, 0) is 19.9 Å². The summed E-state index contributed by atoms with van der Waals surface area (Å²) in [6, 6.07) is 2.85. The lowest BCUT2D eigenvalue weighted by molar-refractivity contribution is 0.543. The molecule has 0 aliphatic carbocycles. The van der Waals surface area contributed by atoms with E-state index in [2.05, 4.69) is 15.1 Å². The van der Waals surface area contributed by atoms with Gasteiger partial charge in [0.15, 0.2) is 15.7 Å². The second-order valence-corrected chi connectivity index (χ2v) is 8.58. The molecule has 0 radical (unpaired) electrons. The van der Waals surface area contributed by atoms with Crippen molar-refractivity contribution < 1.29 is 16.8 Å². The number of sulfonamides is 1. The summed E-state index contributed by atoms with van der Waals surface area (Å²) in [7, 11) is -6.80.